The van der Waals surface area contributed by atoms with Gasteiger partial charge in [-0.15, -0.1) is 11.3 Å². The minimum atomic E-state index is -0.806. The highest BCUT2D eigenvalue weighted by atomic mass is 32.1. The van der Waals surface area contributed by atoms with Gasteiger partial charge in [0.15, 0.2) is 11.6 Å². The maximum Gasteiger partial charge on any atom is 0.159 e. The first kappa shape index (κ1) is 12.2. The van der Waals surface area contributed by atoms with E-state index in [0.29, 0.717) is 0 Å². The maximum atomic E-state index is 13.1. The highest BCUT2D eigenvalue weighted by Crippen LogP contribution is 2.17. The molecule has 0 amide bonds. The summed E-state index contributed by atoms with van der Waals surface area (Å²) in [5.74, 6) is -1.61. The molecule has 0 spiro atoms. The quantitative estimate of drug-likeness (QED) is 0.872. The molecule has 90 valence electrons. The summed E-state index contributed by atoms with van der Waals surface area (Å²) in [6, 6.07) is 8.02. The van der Waals surface area contributed by atoms with Crippen LogP contribution in [0.4, 0.5) is 8.78 Å². The molecule has 1 atom stereocenters. The van der Waals surface area contributed by atoms with Crippen molar-refractivity contribution in [2.24, 2.45) is 0 Å². The van der Waals surface area contributed by atoms with E-state index in [9.17, 15) is 8.78 Å². The average Bonchev–Trinajstić information content (AvgIpc) is 2.82. The largest absolute Gasteiger partial charge is 0.305 e. The fraction of sp³-hybridized carbons (Fsp3) is 0.231. The molecule has 0 aliphatic carbocycles. The van der Waals surface area contributed by atoms with E-state index in [0.717, 1.165) is 18.2 Å². The number of thiophene rings is 1. The van der Waals surface area contributed by atoms with Crippen molar-refractivity contribution in [2.75, 3.05) is 0 Å². The number of rotatable bonds is 4. The molecule has 17 heavy (non-hydrogen) atoms. The molecule has 0 radical (unpaired) electrons. The number of hydrogen-bond donors (Lipinski definition) is 1. The first-order valence-electron chi connectivity index (χ1n) is 5.37. The molecular formula is C13H13F2NS. The molecule has 0 saturated carbocycles. The molecule has 1 nitrogen and oxygen atoms in total. The summed E-state index contributed by atoms with van der Waals surface area (Å²) in [5.41, 5.74) is 0.750. The van der Waals surface area contributed by atoms with Gasteiger partial charge in [-0.3, -0.25) is 0 Å². The zero-order valence-corrected chi connectivity index (χ0v) is 10.2. The summed E-state index contributed by atoms with van der Waals surface area (Å²) < 4.78 is 25.8. The standard InChI is InChI=1S/C13H13F2NS/c1-9(16-8-11-3-2-6-17-11)10-4-5-12(14)13(15)7-10/h2-7,9,16H,8H2,1H3. The second-order valence-corrected chi connectivity index (χ2v) is 4.89. The van der Waals surface area contributed by atoms with E-state index in [1.165, 1.54) is 10.9 Å². The van der Waals surface area contributed by atoms with Crippen LogP contribution in [0.25, 0.3) is 0 Å². The minimum absolute atomic E-state index is 0.00722. The Morgan fingerprint density at radius 2 is 2.06 bits per heavy atom. The number of halogens is 2. The lowest BCUT2D eigenvalue weighted by Crippen LogP contribution is -2.17. The van der Waals surface area contributed by atoms with E-state index in [-0.39, 0.29) is 6.04 Å². The van der Waals surface area contributed by atoms with Gasteiger partial charge >= 0.3 is 0 Å². The van der Waals surface area contributed by atoms with Gasteiger partial charge in [0.25, 0.3) is 0 Å². The van der Waals surface area contributed by atoms with Gasteiger partial charge in [-0.05, 0) is 36.1 Å². The van der Waals surface area contributed by atoms with Gasteiger partial charge in [0.1, 0.15) is 0 Å². The monoisotopic (exact) mass is 253 g/mol. The van der Waals surface area contributed by atoms with Crippen molar-refractivity contribution in [3.05, 3.63) is 57.8 Å². The van der Waals surface area contributed by atoms with Crippen LogP contribution < -0.4 is 5.32 Å². The van der Waals surface area contributed by atoms with Crippen LogP contribution in [0.5, 0.6) is 0 Å². The first-order chi connectivity index (χ1) is 8.16. The van der Waals surface area contributed by atoms with Gasteiger partial charge in [0.2, 0.25) is 0 Å². The first-order valence-corrected chi connectivity index (χ1v) is 6.25. The van der Waals surface area contributed by atoms with E-state index in [1.807, 2.05) is 24.4 Å². The fourth-order valence-corrected chi connectivity index (χ4v) is 2.22. The third-order valence-electron chi connectivity index (χ3n) is 2.61. The van der Waals surface area contributed by atoms with Gasteiger partial charge in [-0.2, -0.15) is 0 Å². The Balaban J connectivity index is 1.99. The van der Waals surface area contributed by atoms with Gasteiger partial charge < -0.3 is 5.32 Å². The molecule has 0 bridgehead atoms. The van der Waals surface area contributed by atoms with Gasteiger partial charge in [-0.1, -0.05) is 12.1 Å². The summed E-state index contributed by atoms with van der Waals surface area (Å²) >= 11 is 1.67. The Bertz CT molecular complexity index is 482. The van der Waals surface area contributed by atoms with Gasteiger partial charge in [0.05, 0.1) is 0 Å². The average molecular weight is 253 g/mol. The van der Waals surface area contributed by atoms with Crippen molar-refractivity contribution in [1.82, 2.24) is 5.32 Å². The summed E-state index contributed by atoms with van der Waals surface area (Å²) in [7, 11) is 0. The molecule has 4 heteroatoms. The van der Waals surface area contributed by atoms with Crippen molar-refractivity contribution in [1.29, 1.82) is 0 Å². The van der Waals surface area contributed by atoms with Crippen molar-refractivity contribution in [2.45, 2.75) is 19.5 Å². The number of hydrogen-bond acceptors (Lipinski definition) is 2. The topological polar surface area (TPSA) is 12.0 Å². The third kappa shape index (κ3) is 3.11. The van der Waals surface area contributed by atoms with Gasteiger partial charge in [-0.25, -0.2) is 8.78 Å². The molecule has 0 saturated heterocycles. The lowest BCUT2D eigenvalue weighted by Gasteiger charge is -2.13. The molecular weight excluding hydrogens is 240 g/mol. The molecule has 1 aromatic carbocycles. The summed E-state index contributed by atoms with van der Waals surface area (Å²) in [5, 5.41) is 5.28. The molecule has 0 fully saturated rings. The SMILES string of the molecule is CC(NCc1cccs1)c1ccc(F)c(F)c1. The minimum Gasteiger partial charge on any atom is -0.305 e. The second-order valence-electron chi connectivity index (χ2n) is 3.86. The van der Waals surface area contributed by atoms with E-state index in [2.05, 4.69) is 5.32 Å². The van der Waals surface area contributed by atoms with Crippen LogP contribution in [-0.2, 0) is 6.54 Å². The molecule has 0 aliphatic heterocycles. The van der Waals surface area contributed by atoms with Crippen LogP contribution in [0.2, 0.25) is 0 Å². The van der Waals surface area contributed by atoms with Crippen LogP contribution >= 0.6 is 11.3 Å². The predicted molar refractivity (Wildman–Crippen MR) is 65.9 cm³/mol. The summed E-state index contributed by atoms with van der Waals surface area (Å²) in [4.78, 5) is 1.22. The lowest BCUT2D eigenvalue weighted by molar-refractivity contribution is 0.501. The summed E-state index contributed by atoms with van der Waals surface area (Å²) in [6.45, 7) is 2.66. The van der Waals surface area contributed by atoms with Gasteiger partial charge in [0, 0.05) is 17.5 Å². The Hall–Kier alpha value is -1.26. The molecule has 2 aromatic rings. The fourth-order valence-electron chi connectivity index (χ4n) is 1.57. The second kappa shape index (κ2) is 5.38. The van der Waals surface area contributed by atoms with Crippen molar-refractivity contribution >= 4 is 11.3 Å². The highest BCUT2D eigenvalue weighted by Gasteiger charge is 2.08. The molecule has 1 unspecified atom stereocenters. The molecule has 1 N–H and O–H groups in total. The van der Waals surface area contributed by atoms with Crippen LogP contribution in [-0.4, -0.2) is 0 Å². The smallest absolute Gasteiger partial charge is 0.159 e. The molecule has 1 aromatic heterocycles. The zero-order chi connectivity index (χ0) is 12.3. The zero-order valence-electron chi connectivity index (χ0n) is 9.41. The Morgan fingerprint density at radius 1 is 1.24 bits per heavy atom. The molecule has 0 aliphatic rings. The Labute approximate surface area is 103 Å². The highest BCUT2D eigenvalue weighted by molar-refractivity contribution is 7.09. The van der Waals surface area contributed by atoms with Crippen LogP contribution in [0.1, 0.15) is 23.4 Å². The third-order valence-corrected chi connectivity index (χ3v) is 3.48. The van der Waals surface area contributed by atoms with E-state index < -0.39 is 11.6 Å². The van der Waals surface area contributed by atoms with E-state index in [4.69, 9.17) is 0 Å². The van der Waals surface area contributed by atoms with Crippen molar-refractivity contribution in [3.8, 4) is 0 Å². The number of nitrogens with one attached hydrogen (secondary N) is 1. The Kier molecular flexibility index (Phi) is 3.86. The molecule has 1 heterocycles. The van der Waals surface area contributed by atoms with E-state index in [1.54, 1.807) is 17.4 Å². The maximum absolute atomic E-state index is 13.1. The Morgan fingerprint density at radius 3 is 2.71 bits per heavy atom. The van der Waals surface area contributed by atoms with Crippen LogP contribution in [0, 0.1) is 11.6 Å². The number of benzene rings is 1. The predicted octanol–water partition coefficient (Wildman–Crippen LogP) is 3.88. The van der Waals surface area contributed by atoms with Crippen LogP contribution in [0.15, 0.2) is 35.7 Å². The normalized spacial score (nSPS) is 12.6. The summed E-state index contributed by atoms with van der Waals surface area (Å²) in [6.07, 6.45) is 0. The molecule has 2 rings (SSSR count). The van der Waals surface area contributed by atoms with Crippen LogP contribution in [0.3, 0.4) is 0 Å². The van der Waals surface area contributed by atoms with Crippen molar-refractivity contribution < 1.29 is 8.78 Å². The lowest BCUT2D eigenvalue weighted by atomic mass is 10.1. The van der Waals surface area contributed by atoms with E-state index >= 15 is 0 Å². The van der Waals surface area contributed by atoms with Crippen molar-refractivity contribution in [3.63, 3.8) is 0 Å².